The number of fused-ring (bicyclic) bond motifs is 1. The zero-order valence-corrected chi connectivity index (χ0v) is 10.1. The highest BCUT2D eigenvalue weighted by Gasteiger charge is 2.24. The molecule has 1 aliphatic heterocycles. The molecule has 1 heterocycles. The lowest BCUT2D eigenvalue weighted by atomic mass is 10.0. The van der Waals surface area contributed by atoms with Crippen LogP contribution in [-0.2, 0) is 4.79 Å². The van der Waals surface area contributed by atoms with Gasteiger partial charge in [-0.25, -0.2) is 0 Å². The molecule has 2 N–H and O–H groups in total. The fourth-order valence-corrected chi connectivity index (χ4v) is 2.04. The Morgan fingerprint density at radius 1 is 1.44 bits per heavy atom. The Bertz CT molecular complexity index is 417. The fraction of sp³-hybridized carbons (Fsp3) is 0.417. The Morgan fingerprint density at radius 2 is 2.19 bits per heavy atom. The van der Waals surface area contributed by atoms with E-state index in [2.05, 4.69) is 24.5 Å². The van der Waals surface area contributed by atoms with Gasteiger partial charge in [-0.2, -0.15) is 0 Å². The van der Waals surface area contributed by atoms with Crippen molar-refractivity contribution in [2.24, 2.45) is 5.92 Å². The van der Waals surface area contributed by atoms with E-state index < -0.39 is 0 Å². The maximum Gasteiger partial charge on any atom is 0.226 e. The van der Waals surface area contributed by atoms with Gasteiger partial charge in [-0.05, 0) is 18.1 Å². The predicted octanol–water partition coefficient (Wildman–Crippen LogP) is 3.12. The van der Waals surface area contributed by atoms with Crippen LogP contribution in [0.1, 0.15) is 20.3 Å². The number of rotatable bonds is 1. The Labute approximate surface area is 100 Å². The number of nitrogens with one attached hydrogen (secondary N) is 2. The molecule has 2 rings (SSSR count). The molecular formula is C12H15ClN2O. The third-order valence-corrected chi connectivity index (χ3v) is 3.14. The van der Waals surface area contributed by atoms with E-state index in [-0.39, 0.29) is 11.9 Å². The number of amides is 1. The van der Waals surface area contributed by atoms with E-state index in [1.807, 2.05) is 18.2 Å². The van der Waals surface area contributed by atoms with Gasteiger partial charge < -0.3 is 10.6 Å². The van der Waals surface area contributed by atoms with Crippen molar-refractivity contribution in [3.05, 3.63) is 23.2 Å². The van der Waals surface area contributed by atoms with Gasteiger partial charge in [-0.15, -0.1) is 0 Å². The molecule has 1 aliphatic rings. The molecule has 0 aromatic heterocycles. The second-order valence-electron chi connectivity index (χ2n) is 4.41. The summed E-state index contributed by atoms with van der Waals surface area (Å²) in [5, 5.41) is 6.85. The number of halogens is 1. The molecule has 0 saturated heterocycles. The molecule has 1 atom stereocenters. The van der Waals surface area contributed by atoms with E-state index in [1.165, 1.54) is 0 Å². The number of anilines is 2. The van der Waals surface area contributed by atoms with Gasteiger partial charge in [0.2, 0.25) is 5.91 Å². The molecular weight excluding hydrogens is 224 g/mol. The number of hydrogen-bond donors (Lipinski definition) is 2. The molecule has 0 saturated carbocycles. The number of para-hydroxylation sites is 1. The SMILES string of the molecule is CC(C)C1CC(=O)Nc2cccc(Cl)c2N1. The van der Waals surface area contributed by atoms with Crippen molar-refractivity contribution in [1.82, 2.24) is 0 Å². The van der Waals surface area contributed by atoms with Gasteiger partial charge in [0.1, 0.15) is 0 Å². The first-order valence-electron chi connectivity index (χ1n) is 5.43. The van der Waals surface area contributed by atoms with Crippen LogP contribution in [-0.4, -0.2) is 11.9 Å². The van der Waals surface area contributed by atoms with E-state index in [0.29, 0.717) is 17.4 Å². The first-order valence-corrected chi connectivity index (χ1v) is 5.80. The lowest BCUT2D eigenvalue weighted by Crippen LogP contribution is -2.27. The zero-order valence-electron chi connectivity index (χ0n) is 9.38. The zero-order chi connectivity index (χ0) is 11.7. The van der Waals surface area contributed by atoms with Crippen molar-refractivity contribution in [3.8, 4) is 0 Å². The molecule has 0 spiro atoms. The summed E-state index contributed by atoms with van der Waals surface area (Å²) in [5.74, 6) is 0.417. The summed E-state index contributed by atoms with van der Waals surface area (Å²) >= 11 is 6.12. The van der Waals surface area contributed by atoms with Crippen molar-refractivity contribution < 1.29 is 4.79 Å². The van der Waals surface area contributed by atoms with Crippen LogP contribution in [0.4, 0.5) is 11.4 Å². The van der Waals surface area contributed by atoms with E-state index in [1.54, 1.807) is 0 Å². The average molecular weight is 239 g/mol. The van der Waals surface area contributed by atoms with Crippen LogP contribution in [0.3, 0.4) is 0 Å². The molecule has 0 radical (unpaired) electrons. The molecule has 3 nitrogen and oxygen atoms in total. The third-order valence-electron chi connectivity index (χ3n) is 2.83. The van der Waals surface area contributed by atoms with Gasteiger partial charge in [-0.1, -0.05) is 31.5 Å². The van der Waals surface area contributed by atoms with Crippen molar-refractivity contribution in [1.29, 1.82) is 0 Å². The first-order chi connectivity index (χ1) is 7.58. The predicted molar refractivity (Wildman–Crippen MR) is 66.9 cm³/mol. The largest absolute Gasteiger partial charge is 0.379 e. The Hall–Kier alpha value is -1.22. The number of carbonyl (C=O) groups excluding carboxylic acids is 1. The summed E-state index contributed by atoms with van der Waals surface area (Å²) in [4.78, 5) is 11.7. The maximum atomic E-state index is 11.7. The smallest absolute Gasteiger partial charge is 0.226 e. The average Bonchev–Trinajstić information content (AvgIpc) is 2.37. The summed E-state index contributed by atoms with van der Waals surface area (Å²) in [5.41, 5.74) is 1.59. The van der Waals surface area contributed by atoms with Crippen LogP contribution >= 0.6 is 11.6 Å². The first kappa shape index (κ1) is 11.3. The molecule has 1 unspecified atom stereocenters. The van der Waals surface area contributed by atoms with E-state index in [9.17, 15) is 4.79 Å². The Balaban J connectivity index is 2.40. The minimum Gasteiger partial charge on any atom is -0.379 e. The van der Waals surface area contributed by atoms with Gasteiger partial charge in [0.25, 0.3) is 0 Å². The van der Waals surface area contributed by atoms with Crippen molar-refractivity contribution in [2.75, 3.05) is 10.6 Å². The van der Waals surface area contributed by atoms with Gasteiger partial charge in [0.05, 0.1) is 16.4 Å². The third kappa shape index (κ3) is 2.14. The van der Waals surface area contributed by atoms with Gasteiger partial charge in [0.15, 0.2) is 0 Å². The highest BCUT2D eigenvalue weighted by atomic mass is 35.5. The lowest BCUT2D eigenvalue weighted by molar-refractivity contribution is -0.116. The number of carbonyl (C=O) groups is 1. The Kier molecular flexibility index (Phi) is 3.06. The van der Waals surface area contributed by atoms with Gasteiger partial charge >= 0.3 is 0 Å². The maximum absolute atomic E-state index is 11.7. The second kappa shape index (κ2) is 4.34. The van der Waals surface area contributed by atoms with Crippen molar-refractivity contribution in [3.63, 3.8) is 0 Å². The van der Waals surface area contributed by atoms with Crippen LogP contribution < -0.4 is 10.6 Å². The molecule has 0 aliphatic carbocycles. The summed E-state index contributed by atoms with van der Waals surface area (Å²) in [6.07, 6.45) is 0.475. The van der Waals surface area contributed by atoms with Crippen molar-refractivity contribution >= 4 is 28.9 Å². The number of benzene rings is 1. The van der Waals surface area contributed by atoms with E-state index >= 15 is 0 Å². The van der Waals surface area contributed by atoms with E-state index in [4.69, 9.17) is 11.6 Å². The Morgan fingerprint density at radius 3 is 2.88 bits per heavy atom. The summed E-state index contributed by atoms with van der Waals surface area (Å²) in [7, 11) is 0. The minimum absolute atomic E-state index is 0.0345. The molecule has 16 heavy (non-hydrogen) atoms. The monoisotopic (exact) mass is 238 g/mol. The molecule has 1 aromatic rings. The molecule has 0 bridgehead atoms. The molecule has 4 heteroatoms. The van der Waals surface area contributed by atoms with Gasteiger partial charge in [0, 0.05) is 12.5 Å². The van der Waals surface area contributed by atoms with Crippen LogP contribution in [0, 0.1) is 5.92 Å². The van der Waals surface area contributed by atoms with Crippen molar-refractivity contribution in [2.45, 2.75) is 26.3 Å². The van der Waals surface area contributed by atoms with Crippen LogP contribution in [0.25, 0.3) is 0 Å². The summed E-state index contributed by atoms with van der Waals surface area (Å²) in [6, 6.07) is 5.64. The molecule has 1 amide bonds. The highest BCUT2D eigenvalue weighted by Crippen LogP contribution is 2.34. The standard InChI is InChI=1S/C12H15ClN2O/c1-7(2)10-6-11(16)14-9-5-3-4-8(13)12(9)15-10/h3-5,7,10,15H,6H2,1-2H3,(H,14,16). The second-order valence-corrected chi connectivity index (χ2v) is 4.82. The lowest BCUT2D eigenvalue weighted by Gasteiger charge is -2.21. The fourth-order valence-electron chi connectivity index (χ4n) is 1.81. The number of hydrogen-bond acceptors (Lipinski definition) is 2. The van der Waals surface area contributed by atoms with Crippen LogP contribution in [0.15, 0.2) is 18.2 Å². The summed E-state index contributed by atoms with van der Waals surface area (Å²) < 4.78 is 0. The highest BCUT2D eigenvalue weighted by molar-refractivity contribution is 6.34. The quantitative estimate of drug-likeness (QED) is 0.789. The van der Waals surface area contributed by atoms with Crippen LogP contribution in [0.2, 0.25) is 5.02 Å². The van der Waals surface area contributed by atoms with Crippen LogP contribution in [0.5, 0.6) is 0 Å². The molecule has 86 valence electrons. The normalized spacial score (nSPS) is 19.8. The topological polar surface area (TPSA) is 41.1 Å². The molecule has 0 fully saturated rings. The van der Waals surface area contributed by atoms with E-state index in [0.717, 1.165) is 11.4 Å². The van der Waals surface area contributed by atoms with Gasteiger partial charge in [-0.3, -0.25) is 4.79 Å². The minimum atomic E-state index is 0.0345. The molecule has 1 aromatic carbocycles. The summed E-state index contributed by atoms with van der Waals surface area (Å²) in [6.45, 7) is 4.18.